The van der Waals surface area contributed by atoms with Gasteiger partial charge in [-0.15, -0.1) is 10.2 Å². The lowest BCUT2D eigenvalue weighted by Crippen LogP contribution is -2.32. The molecule has 8 nitrogen and oxygen atoms in total. The fraction of sp³-hybridized carbons (Fsp3) is 0.182. The van der Waals surface area contributed by atoms with Crippen molar-refractivity contribution in [3.8, 4) is 5.69 Å². The Labute approximate surface area is 249 Å². The molecule has 42 heavy (non-hydrogen) atoms. The Hall–Kier alpha value is -4.76. The van der Waals surface area contributed by atoms with E-state index in [-0.39, 0.29) is 11.6 Å². The number of aromatic nitrogens is 3. The predicted molar refractivity (Wildman–Crippen MR) is 165 cm³/mol. The molecule has 0 aliphatic heterocycles. The molecule has 5 aromatic rings. The topological polar surface area (TPSA) is 103 Å². The monoisotopic (exact) mass is 577 g/mol. The second kappa shape index (κ2) is 13.3. The molecule has 0 spiro atoms. The maximum atomic E-state index is 13.5. The van der Waals surface area contributed by atoms with Gasteiger partial charge in [0.05, 0.1) is 11.0 Å². The third-order valence-corrected chi connectivity index (χ3v) is 7.95. The Morgan fingerprint density at radius 1 is 0.905 bits per heavy atom. The Morgan fingerprint density at radius 3 is 2.29 bits per heavy atom. The molecule has 0 fully saturated rings. The highest BCUT2D eigenvalue weighted by Crippen LogP contribution is 2.30. The fourth-order valence-electron chi connectivity index (χ4n) is 4.71. The average molecular weight is 578 g/mol. The smallest absolute Gasteiger partial charge is 0.269 e. The number of amides is 1. The number of rotatable bonds is 11. The third-order valence-electron chi connectivity index (χ3n) is 6.95. The van der Waals surface area contributed by atoms with Crippen LogP contribution >= 0.6 is 11.8 Å². The molecule has 0 aliphatic carbocycles. The number of thioether (sulfide) groups is 1. The number of hydrogen-bond donors (Lipinski definition) is 1. The van der Waals surface area contributed by atoms with Crippen molar-refractivity contribution in [3.05, 3.63) is 147 Å². The number of aryl methyl sites for hydroxylation is 2. The number of nitro benzene ring substituents is 1. The quantitative estimate of drug-likeness (QED) is 0.102. The van der Waals surface area contributed by atoms with Crippen LogP contribution in [0.5, 0.6) is 0 Å². The summed E-state index contributed by atoms with van der Waals surface area (Å²) in [5, 5.41) is 24.3. The highest BCUT2D eigenvalue weighted by Gasteiger charge is 2.26. The molecular formula is C33H31N5O3S. The molecule has 1 atom stereocenters. The number of nitro groups is 1. The van der Waals surface area contributed by atoms with Crippen molar-refractivity contribution in [1.82, 2.24) is 20.1 Å². The van der Waals surface area contributed by atoms with Crippen LogP contribution in [0.1, 0.15) is 51.4 Å². The van der Waals surface area contributed by atoms with Crippen LogP contribution in [0.3, 0.4) is 0 Å². The van der Waals surface area contributed by atoms with E-state index in [1.165, 1.54) is 29.5 Å². The molecule has 0 saturated heterocycles. The third kappa shape index (κ3) is 6.92. The number of nitrogens with zero attached hydrogens (tertiary/aromatic N) is 4. The van der Waals surface area contributed by atoms with Crippen molar-refractivity contribution in [2.75, 3.05) is 0 Å². The van der Waals surface area contributed by atoms with E-state index in [9.17, 15) is 14.9 Å². The van der Waals surface area contributed by atoms with Crippen LogP contribution in [-0.2, 0) is 18.6 Å². The summed E-state index contributed by atoms with van der Waals surface area (Å²) >= 11 is 1.52. The van der Waals surface area contributed by atoms with E-state index in [0.29, 0.717) is 34.4 Å². The minimum atomic E-state index is -0.526. The highest BCUT2D eigenvalue weighted by atomic mass is 32.2. The Morgan fingerprint density at radius 2 is 1.62 bits per heavy atom. The Balaban J connectivity index is 1.54. The molecule has 0 aliphatic rings. The lowest BCUT2D eigenvalue weighted by molar-refractivity contribution is -0.384. The van der Waals surface area contributed by atoms with Gasteiger partial charge in [0.15, 0.2) is 11.0 Å². The second-order valence-corrected chi connectivity index (χ2v) is 10.9. The summed E-state index contributed by atoms with van der Waals surface area (Å²) < 4.78 is 1.89. The molecule has 1 unspecified atom stereocenters. The van der Waals surface area contributed by atoms with Gasteiger partial charge in [0.2, 0.25) is 0 Å². The number of carbonyl (C=O) groups is 1. The van der Waals surface area contributed by atoms with Gasteiger partial charge in [-0.05, 0) is 60.7 Å². The first-order valence-electron chi connectivity index (χ1n) is 13.7. The highest BCUT2D eigenvalue weighted by molar-refractivity contribution is 7.98. The summed E-state index contributed by atoms with van der Waals surface area (Å²) in [7, 11) is 0. The number of carbonyl (C=O) groups excluding carboxylic acids is 1. The lowest BCUT2D eigenvalue weighted by Gasteiger charge is -2.20. The van der Waals surface area contributed by atoms with E-state index in [0.717, 1.165) is 23.1 Å². The first-order valence-corrected chi connectivity index (χ1v) is 14.7. The zero-order valence-electron chi connectivity index (χ0n) is 23.4. The number of hydrogen-bond acceptors (Lipinski definition) is 6. The van der Waals surface area contributed by atoms with Crippen LogP contribution in [0, 0.1) is 17.0 Å². The normalized spacial score (nSPS) is 11.7. The average Bonchev–Trinajstić information content (AvgIpc) is 3.44. The number of benzene rings is 4. The molecule has 5 rings (SSSR count). The molecule has 0 bridgehead atoms. The molecule has 9 heteroatoms. The zero-order chi connectivity index (χ0) is 29.5. The van der Waals surface area contributed by atoms with Crippen LogP contribution in [0.25, 0.3) is 5.69 Å². The van der Waals surface area contributed by atoms with Gasteiger partial charge in [-0.25, -0.2) is 0 Å². The van der Waals surface area contributed by atoms with Crippen LogP contribution in [-0.4, -0.2) is 25.6 Å². The van der Waals surface area contributed by atoms with E-state index < -0.39 is 11.0 Å². The first-order chi connectivity index (χ1) is 20.4. The summed E-state index contributed by atoms with van der Waals surface area (Å²) in [6.07, 6.45) is 1.37. The number of nitrogens with one attached hydrogen (secondary N) is 1. The van der Waals surface area contributed by atoms with Gasteiger partial charge >= 0.3 is 0 Å². The Kier molecular flexibility index (Phi) is 9.08. The molecule has 0 radical (unpaired) electrons. The molecule has 1 amide bonds. The summed E-state index contributed by atoms with van der Waals surface area (Å²) in [5.41, 5.74) is 5.71. The first kappa shape index (κ1) is 28.8. The van der Waals surface area contributed by atoms with E-state index in [1.807, 2.05) is 65.2 Å². The van der Waals surface area contributed by atoms with Crippen molar-refractivity contribution < 1.29 is 9.72 Å². The summed E-state index contributed by atoms with van der Waals surface area (Å²) in [6.45, 7) is 4.13. The standard InChI is InChI=1S/C33H31N5O3S/c1-3-24-12-14-27(15-13-24)32(39)34-30(21-25-9-5-4-6-10-25)31-35-36-33(42-22-26-11-7-8-23(2)20-26)37(31)28-16-18-29(19-17-28)38(40)41/h4-20,30H,3,21-22H2,1-2H3,(H,34,39). The van der Waals surface area contributed by atoms with Gasteiger partial charge in [0.25, 0.3) is 11.6 Å². The van der Waals surface area contributed by atoms with Crippen LogP contribution < -0.4 is 5.32 Å². The zero-order valence-corrected chi connectivity index (χ0v) is 24.3. The van der Waals surface area contributed by atoms with Gasteiger partial charge < -0.3 is 5.32 Å². The maximum absolute atomic E-state index is 13.5. The van der Waals surface area contributed by atoms with Gasteiger partial charge in [-0.1, -0.05) is 91.0 Å². The van der Waals surface area contributed by atoms with Gasteiger partial charge in [0.1, 0.15) is 0 Å². The van der Waals surface area contributed by atoms with Crippen molar-refractivity contribution in [2.24, 2.45) is 0 Å². The van der Waals surface area contributed by atoms with E-state index in [4.69, 9.17) is 0 Å². The second-order valence-electron chi connectivity index (χ2n) is 9.99. The maximum Gasteiger partial charge on any atom is 0.269 e. The molecule has 4 aromatic carbocycles. The van der Waals surface area contributed by atoms with Gasteiger partial charge in [-0.2, -0.15) is 0 Å². The molecule has 0 saturated carbocycles. The summed E-state index contributed by atoms with van der Waals surface area (Å²) in [6, 6.07) is 31.5. The van der Waals surface area contributed by atoms with Crippen molar-refractivity contribution in [1.29, 1.82) is 0 Å². The SMILES string of the molecule is CCc1ccc(C(=O)NC(Cc2ccccc2)c2nnc(SCc3cccc(C)c3)n2-c2ccc([N+](=O)[O-])cc2)cc1. The minimum absolute atomic E-state index is 0.00740. The fourth-order valence-corrected chi connectivity index (χ4v) is 5.61. The van der Waals surface area contributed by atoms with E-state index in [1.54, 1.807) is 12.1 Å². The van der Waals surface area contributed by atoms with E-state index in [2.05, 4.69) is 47.6 Å². The van der Waals surface area contributed by atoms with Crippen molar-refractivity contribution in [2.45, 2.75) is 43.6 Å². The van der Waals surface area contributed by atoms with Crippen molar-refractivity contribution >= 4 is 23.4 Å². The molecule has 1 heterocycles. The van der Waals surface area contributed by atoms with Crippen LogP contribution in [0.2, 0.25) is 0 Å². The van der Waals surface area contributed by atoms with Crippen molar-refractivity contribution in [3.63, 3.8) is 0 Å². The van der Waals surface area contributed by atoms with Gasteiger partial charge in [0, 0.05) is 29.1 Å². The van der Waals surface area contributed by atoms with Crippen LogP contribution in [0.15, 0.2) is 108 Å². The van der Waals surface area contributed by atoms with E-state index >= 15 is 0 Å². The Bertz CT molecular complexity index is 1670. The summed E-state index contributed by atoms with van der Waals surface area (Å²) in [4.78, 5) is 24.4. The molecule has 1 aromatic heterocycles. The largest absolute Gasteiger partial charge is 0.342 e. The summed E-state index contributed by atoms with van der Waals surface area (Å²) in [5.74, 6) is 0.982. The van der Waals surface area contributed by atoms with Gasteiger partial charge in [-0.3, -0.25) is 19.5 Å². The predicted octanol–water partition coefficient (Wildman–Crippen LogP) is 7.05. The molecular weight excluding hydrogens is 546 g/mol. The van der Waals surface area contributed by atoms with Crippen LogP contribution in [0.4, 0.5) is 5.69 Å². The molecule has 1 N–H and O–H groups in total. The minimum Gasteiger partial charge on any atom is -0.342 e. The molecule has 212 valence electrons. The lowest BCUT2D eigenvalue weighted by atomic mass is 10.0. The number of non-ortho nitro benzene ring substituents is 1.